The lowest BCUT2D eigenvalue weighted by Gasteiger charge is -2.30. The van der Waals surface area contributed by atoms with Gasteiger partial charge in [0.05, 0.1) is 6.61 Å². The number of halogens is 1. The number of hydrogen-bond donors (Lipinski definition) is 1. The fourth-order valence-corrected chi connectivity index (χ4v) is 3.10. The normalized spacial score (nSPS) is 16.9. The van der Waals surface area contributed by atoms with E-state index in [0.29, 0.717) is 26.2 Å². The van der Waals surface area contributed by atoms with E-state index in [1.165, 1.54) is 6.07 Å². The Bertz CT molecular complexity index is 470. The highest BCUT2D eigenvalue weighted by Gasteiger charge is 2.36. The summed E-state index contributed by atoms with van der Waals surface area (Å²) in [6.07, 6.45) is 4.65. The van der Waals surface area contributed by atoms with Gasteiger partial charge in [-0.3, -0.25) is 4.79 Å². The molecule has 21 heavy (non-hydrogen) atoms. The van der Waals surface area contributed by atoms with Crippen molar-refractivity contribution in [1.82, 2.24) is 5.32 Å². The molecule has 1 N–H and O–H groups in total. The fourth-order valence-electron chi connectivity index (χ4n) is 3.10. The van der Waals surface area contributed by atoms with Crippen LogP contribution in [0.15, 0.2) is 24.3 Å². The number of amides is 1. The van der Waals surface area contributed by atoms with Crippen molar-refractivity contribution in [3.63, 3.8) is 0 Å². The minimum Gasteiger partial charge on any atom is -0.381 e. The highest BCUT2D eigenvalue weighted by Crippen LogP contribution is 2.40. The second kappa shape index (κ2) is 7.55. The van der Waals surface area contributed by atoms with E-state index >= 15 is 0 Å². The van der Waals surface area contributed by atoms with Gasteiger partial charge in [0.25, 0.3) is 0 Å². The van der Waals surface area contributed by atoms with Gasteiger partial charge in [0.15, 0.2) is 0 Å². The van der Waals surface area contributed by atoms with Gasteiger partial charge in [0.1, 0.15) is 5.82 Å². The topological polar surface area (TPSA) is 38.3 Å². The maximum absolute atomic E-state index is 13.5. The first-order valence-corrected chi connectivity index (χ1v) is 7.77. The number of hydrogen-bond acceptors (Lipinski definition) is 2. The molecule has 1 aromatic carbocycles. The van der Waals surface area contributed by atoms with E-state index < -0.39 is 0 Å². The lowest BCUT2D eigenvalue weighted by atomic mass is 9.78. The van der Waals surface area contributed by atoms with Crippen LogP contribution in [0.3, 0.4) is 0 Å². The van der Waals surface area contributed by atoms with Crippen LogP contribution in [0.25, 0.3) is 0 Å². The largest absolute Gasteiger partial charge is 0.381 e. The molecule has 0 atom stereocenters. The predicted molar refractivity (Wildman–Crippen MR) is 80.7 cm³/mol. The molecular formula is C17H24FNO2. The van der Waals surface area contributed by atoms with Crippen LogP contribution in [0.5, 0.6) is 0 Å². The number of carbonyl (C=O) groups is 1. The Morgan fingerprint density at radius 2 is 2.14 bits per heavy atom. The molecule has 0 bridgehead atoms. The van der Waals surface area contributed by atoms with E-state index in [0.717, 1.165) is 31.2 Å². The van der Waals surface area contributed by atoms with Gasteiger partial charge in [-0.1, -0.05) is 25.0 Å². The first kappa shape index (κ1) is 16.0. The first-order chi connectivity index (χ1) is 10.2. The van der Waals surface area contributed by atoms with Crippen LogP contribution in [0, 0.1) is 5.82 Å². The van der Waals surface area contributed by atoms with Crippen molar-refractivity contribution in [2.45, 2.75) is 44.4 Å². The van der Waals surface area contributed by atoms with Gasteiger partial charge in [0.2, 0.25) is 5.91 Å². The number of carbonyl (C=O) groups excluding carboxylic acids is 1. The predicted octanol–water partition coefficient (Wildman–Crippen LogP) is 3.18. The van der Waals surface area contributed by atoms with Crippen LogP contribution in [0.4, 0.5) is 4.39 Å². The van der Waals surface area contributed by atoms with Crippen LogP contribution in [0.2, 0.25) is 0 Å². The van der Waals surface area contributed by atoms with Crippen LogP contribution >= 0.6 is 0 Å². The van der Waals surface area contributed by atoms with Crippen molar-refractivity contribution in [1.29, 1.82) is 0 Å². The standard InChI is InChI=1S/C17H24FNO2/c1-2-21-11-8-16(20)19-13-17(9-3-4-10-17)14-6-5-7-15(18)12-14/h5-7,12H,2-4,8-11,13H2,1H3,(H,19,20). The minimum atomic E-state index is -0.207. The summed E-state index contributed by atoms with van der Waals surface area (Å²) in [6.45, 7) is 3.58. The molecule has 0 aliphatic heterocycles. The minimum absolute atomic E-state index is 0.00567. The third kappa shape index (κ3) is 4.27. The molecule has 0 unspecified atom stereocenters. The summed E-state index contributed by atoms with van der Waals surface area (Å²) in [6, 6.07) is 6.80. The van der Waals surface area contributed by atoms with Crippen molar-refractivity contribution >= 4 is 5.91 Å². The molecule has 0 aromatic heterocycles. The zero-order valence-corrected chi connectivity index (χ0v) is 12.7. The summed E-state index contributed by atoms with van der Waals surface area (Å²) < 4.78 is 18.7. The third-order valence-corrected chi connectivity index (χ3v) is 4.30. The van der Waals surface area contributed by atoms with Gasteiger partial charge in [-0.15, -0.1) is 0 Å². The van der Waals surface area contributed by atoms with Crippen LogP contribution < -0.4 is 5.32 Å². The highest BCUT2D eigenvalue weighted by molar-refractivity contribution is 5.76. The molecule has 1 amide bonds. The Labute approximate surface area is 125 Å². The molecule has 0 radical (unpaired) electrons. The van der Waals surface area contributed by atoms with Gasteiger partial charge >= 0.3 is 0 Å². The number of nitrogens with one attached hydrogen (secondary N) is 1. The van der Waals surface area contributed by atoms with Crippen LogP contribution in [-0.2, 0) is 14.9 Å². The molecule has 0 spiro atoms. The summed E-state index contributed by atoms with van der Waals surface area (Å²) in [5, 5.41) is 3.00. The quantitative estimate of drug-likeness (QED) is 0.784. The van der Waals surface area contributed by atoms with Crippen molar-refractivity contribution in [3.8, 4) is 0 Å². The Hall–Kier alpha value is -1.42. The molecule has 116 valence electrons. The average Bonchev–Trinajstić information content (AvgIpc) is 2.96. The van der Waals surface area contributed by atoms with E-state index in [4.69, 9.17) is 4.74 Å². The molecular weight excluding hydrogens is 269 g/mol. The molecule has 3 nitrogen and oxygen atoms in total. The van der Waals surface area contributed by atoms with Crippen molar-refractivity contribution < 1.29 is 13.9 Å². The zero-order valence-electron chi connectivity index (χ0n) is 12.7. The number of rotatable bonds is 7. The summed E-state index contributed by atoms with van der Waals surface area (Å²) in [7, 11) is 0. The SMILES string of the molecule is CCOCCC(=O)NCC1(c2cccc(F)c2)CCCC1. The maximum Gasteiger partial charge on any atom is 0.222 e. The van der Waals surface area contributed by atoms with E-state index in [1.54, 1.807) is 12.1 Å². The van der Waals surface area contributed by atoms with Gasteiger partial charge in [-0.05, 0) is 37.5 Å². The average molecular weight is 293 g/mol. The van der Waals surface area contributed by atoms with E-state index in [-0.39, 0.29) is 17.1 Å². The third-order valence-electron chi connectivity index (χ3n) is 4.30. The van der Waals surface area contributed by atoms with Gasteiger partial charge in [-0.25, -0.2) is 4.39 Å². The Kier molecular flexibility index (Phi) is 5.74. The zero-order chi connectivity index (χ0) is 15.1. The fraction of sp³-hybridized carbons (Fsp3) is 0.588. The molecule has 0 heterocycles. The molecule has 1 aromatic rings. The van der Waals surface area contributed by atoms with Gasteiger partial charge < -0.3 is 10.1 Å². The van der Waals surface area contributed by atoms with Crippen molar-refractivity contribution in [3.05, 3.63) is 35.6 Å². The Balaban J connectivity index is 1.97. The lowest BCUT2D eigenvalue weighted by molar-refractivity contribution is -0.122. The summed E-state index contributed by atoms with van der Waals surface area (Å²) in [5.74, 6) is -0.201. The van der Waals surface area contributed by atoms with Crippen LogP contribution in [0.1, 0.15) is 44.6 Å². The van der Waals surface area contributed by atoms with E-state index in [1.807, 2.05) is 13.0 Å². The summed E-state index contributed by atoms with van der Waals surface area (Å²) in [5.41, 5.74) is 0.897. The second-order valence-electron chi connectivity index (χ2n) is 5.72. The van der Waals surface area contributed by atoms with Gasteiger partial charge in [-0.2, -0.15) is 0 Å². The molecule has 2 rings (SSSR count). The lowest BCUT2D eigenvalue weighted by Crippen LogP contribution is -2.39. The molecule has 1 aliphatic carbocycles. The first-order valence-electron chi connectivity index (χ1n) is 7.77. The highest BCUT2D eigenvalue weighted by atomic mass is 19.1. The maximum atomic E-state index is 13.5. The Morgan fingerprint density at radius 1 is 1.38 bits per heavy atom. The summed E-state index contributed by atoms with van der Waals surface area (Å²) >= 11 is 0. The van der Waals surface area contributed by atoms with E-state index in [2.05, 4.69) is 5.32 Å². The van der Waals surface area contributed by atoms with Crippen molar-refractivity contribution in [2.75, 3.05) is 19.8 Å². The smallest absolute Gasteiger partial charge is 0.222 e. The molecule has 4 heteroatoms. The van der Waals surface area contributed by atoms with Crippen molar-refractivity contribution in [2.24, 2.45) is 0 Å². The monoisotopic (exact) mass is 293 g/mol. The summed E-state index contributed by atoms with van der Waals surface area (Å²) in [4.78, 5) is 11.8. The second-order valence-corrected chi connectivity index (χ2v) is 5.72. The molecule has 1 saturated carbocycles. The van der Waals surface area contributed by atoms with E-state index in [9.17, 15) is 9.18 Å². The Morgan fingerprint density at radius 3 is 2.81 bits per heavy atom. The molecule has 1 fully saturated rings. The molecule has 1 aliphatic rings. The van der Waals surface area contributed by atoms with Crippen LogP contribution in [-0.4, -0.2) is 25.7 Å². The molecule has 0 saturated heterocycles. The van der Waals surface area contributed by atoms with Gasteiger partial charge in [0, 0.05) is 25.0 Å². The number of benzene rings is 1. The number of ether oxygens (including phenoxy) is 1.